The summed E-state index contributed by atoms with van der Waals surface area (Å²) in [4.78, 5) is 0. The molecule has 106 valence electrons. The zero-order chi connectivity index (χ0) is 13.6. The molecule has 0 saturated carbocycles. The van der Waals surface area contributed by atoms with E-state index in [9.17, 15) is 0 Å². The lowest BCUT2D eigenvalue weighted by Crippen LogP contribution is -2.24. The Labute approximate surface area is 112 Å². The fraction of sp³-hybridized carbons (Fsp3) is 0.733. The van der Waals surface area contributed by atoms with Gasteiger partial charge in [-0.2, -0.15) is 0 Å². The SMILES string of the molecule is CC/C=C/C=C/[C@@H](CC(OCC)OCC)OCC. The second-order valence-corrected chi connectivity index (χ2v) is 3.79. The van der Waals surface area contributed by atoms with Crippen LogP contribution in [-0.2, 0) is 14.2 Å². The lowest BCUT2D eigenvalue weighted by atomic mass is 10.2. The first-order valence-electron chi connectivity index (χ1n) is 6.96. The second-order valence-electron chi connectivity index (χ2n) is 3.79. The molecule has 0 spiro atoms. The van der Waals surface area contributed by atoms with Crippen LogP contribution >= 0.6 is 0 Å². The number of rotatable bonds is 11. The summed E-state index contributed by atoms with van der Waals surface area (Å²) < 4.78 is 16.7. The largest absolute Gasteiger partial charge is 0.374 e. The first-order valence-corrected chi connectivity index (χ1v) is 6.96. The zero-order valence-corrected chi connectivity index (χ0v) is 12.2. The van der Waals surface area contributed by atoms with Crippen LogP contribution in [0.5, 0.6) is 0 Å². The lowest BCUT2D eigenvalue weighted by Gasteiger charge is -2.21. The Balaban J connectivity index is 4.28. The summed E-state index contributed by atoms with van der Waals surface area (Å²) in [6.45, 7) is 10.1. The Hall–Kier alpha value is -0.640. The minimum Gasteiger partial charge on any atom is -0.374 e. The predicted molar refractivity (Wildman–Crippen MR) is 75.6 cm³/mol. The molecule has 0 aromatic rings. The van der Waals surface area contributed by atoms with Gasteiger partial charge in [0.25, 0.3) is 0 Å². The van der Waals surface area contributed by atoms with Gasteiger partial charge in [-0.05, 0) is 27.2 Å². The number of allylic oxidation sites excluding steroid dienone is 3. The van der Waals surface area contributed by atoms with Crippen LogP contribution < -0.4 is 0 Å². The lowest BCUT2D eigenvalue weighted by molar-refractivity contribution is -0.152. The molecule has 1 atom stereocenters. The average Bonchev–Trinajstić information content (AvgIpc) is 2.35. The van der Waals surface area contributed by atoms with Gasteiger partial charge in [0.2, 0.25) is 0 Å². The van der Waals surface area contributed by atoms with Crippen molar-refractivity contribution in [2.24, 2.45) is 0 Å². The van der Waals surface area contributed by atoms with E-state index in [2.05, 4.69) is 19.1 Å². The standard InChI is InChI=1S/C15H28O3/c1-5-9-10-11-12-14(16-6-2)13-15(17-7-3)18-8-4/h9-12,14-15H,5-8,13H2,1-4H3/b10-9+,12-11+/t14-/m0/s1. The van der Waals surface area contributed by atoms with E-state index in [0.717, 1.165) is 12.8 Å². The Bertz CT molecular complexity index is 218. The molecule has 0 aromatic carbocycles. The molecule has 0 aliphatic rings. The highest BCUT2D eigenvalue weighted by Crippen LogP contribution is 2.10. The van der Waals surface area contributed by atoms with Crippen LogP contribution in [0.4, 0.5) is 0 Å². The van der Waals surface area contributed by atoms with Crippen molar-refractivity contribution in [3.8, 4) is 0 Å². The molecule has 18 heavy (non-hydrogen) atoms. The van der Waals surface area contributed by atoms with Crippen molar-refractivity contribution >= 4 is 0 Å². The third-order valence-electron chi connectivity index (χ3n) is 2.32. The van der Waals surface area contributed by atoms with Gasteiger partial charge in [-0.25, -0.2) is 0 Å². The summed E-state index contributed by atoms with van der Waals surface area (Å²) in [7, 11) is 0. The minimum absolute atomic E-state index is 0.0413. The van der Waals surface area contributed by atoms with E-state index < -0.39 is 0 Å². The highest BCUT2D eigenvalue weighted by atomic mass is 16.7. The van der Waals surface area contributed by atoms with Gasteiger partial charge in [0, 0.05) is 26.2 Å². The summed E-state index contributed by atoms with van der Waals surface area (Å²) in [6.07, 6.45) is 9.87. The van der Waals surface area contributed by atoms with Crippen molar-refractivity contribution < 1.29 is 14.2 Å². The summed E-state index contributed by atoms with van der Waals surface area (Å²) in [5, 5.41) is 0. The van der Waals surface area contributed by atoms with Gasteiger partial charge in [-0.3, -0.25) is 0 Å². The zero-order valence-electron chi connectivity index (χ0n) is 12.2. The fourth-order valence-corrected chi connectivity index (χ4v) is 1.56. The Morgan fingerprint density at radius 3 is 1.94 bits per heavy atom. The quantitative estimate of drug-likeness (QED) is 0.417. The van der Waals surface area contributed by atoms with E-state index >= 15 is 0 Å². The Kier molecular flexibility index (Phi) is 12.4. The predicted octanol–water partition coefficient (Wildman–Crippen LogP) is 3.70. The molecular weight excluding hydrogens is 228 g/mol. The van der Waals surface area contributed by atoms with Gasteiger partial charge in [-0.1, -0.05) is 31.2 Å². The first-order chi connectivity index (χ1) is 8.78. The molecule has 0 bridgehead atoms. The van der Waals surface area contributed by atoms with E-state index in [0.29, 0.717) is 19.8 Å². The van der Waals surface area contributed by atoms with Crippen molar-refractivity contribution in [2.45, 2.75) is 52.9 Å². The van der Waals surface area contributed by atoms with Gasteiger partial charge in [0.15, 0.2) is 6.29 Å². The first kappa shape index (κ1) is 17.4. The maximum atomic E-state index is 5.66. The molecular formula is C15H28O3. The van der Waals surface area contributed by atoms with Gasteiger partial charge >= 0.3 is 0 Å². The van der Waals surface area contributed by atoms with E-state index in [1.165, 1.54) is 0 Å². The number of hydrogen-bond acceptors (Lipinski definition) is 3. The summed E-state index contributed by atoms with van der Waals surface area (Å²) in [5.41, 5.74) is 0. The third-order valence-corrected chi connectivity index (χ3v) is 2.32. The maximum Gasteiger partial charge on any atom is 0.160 e. The molecule has 3 heteroatoms. The molecule has 0 fully saturated rings. The molecule has 0 unspecified atom stereocenters. The van der Waals surface area contributed by atoms with Crippen molar-refractivity contribution in [1.82, 2.24) is 0 Å². The fourth-order valence-electron chi connectivity index (χ4n) is 1.56. The van der Waals surface area contributed by atoms with Gasteiger partial charge in [0.1, 0.15) is 0 Å². The summed E-state index contributed by atoms with van der Waals surface area (Å²) >= 11 is 0. The number of ether oxygens (including phenoxy) is 3. The maximum absolute atomic E-state index is 5.66. The molecule has 0 aromatic heterocycles. The molecule has 0 aliphatic carbocycles. The van der Waals surface area contributed by atoms with E-state index in [4.69, 9.17) is 14.2 Å². The Morgan fingerprint density at radius 2 is 1.44 bits per heavy atom. The molecule has 0 heterocycles. The molecule has 0 radical (unpaired) electrons. The van der Waals surface area contributed by atoms with Crippen LogP contribution in [0.3, 0.4) is 0 Å². The van der Waals surface area contributed by atoms with Crippen LogP contribution in [-0.4, -0.2) is 32.2 Å². The molecule has 0 aliphatic heterocycles. The van der Waals surface area contributed by atoms with Crippen molar-refractivity contribution in [1.29, 1.82) is 0 Å². The van der Waals surface area contributed by atoms with E-state index in [1.54, 1.807) is 0 Å². The highest BCUT2D eigenvalue weighted by molar-refractivity contribution is 5.04. The van der Waals surface area contributed by atoms with Crippen LogP contribution in [0.2, 0.25) is 0 Å². The van der Waals surface area contributed by atoms with Crippen molar-refractivity contribution in [3.05, 3.63) is 24.3 Å². The molecule has 0 rings (SSSR count). The Morgan fingerprint density at radius 1 is 0.833 bits per heavy atom. The van der Waals surface area contributed by atoms with Crippen molar-refractivity contribution in [3.63, 3.8) is 0 Å². The monoisotopic (exact) mass is 256 g/mol. The van der Waals surface area contributed by atoms with Gasteiger partial charge in [0.05, 0.1) is 6.10 Å². The minimum atomic E-state index is -0.184. The normalized spacial score (nSPS) is 14.1. The molecule has 0 N–H and O–H groups in total. The van der Waals surface area contributed by atoms with Gasteiger partial charge in [-0.15, -0.1) is 0 Å². The number of hydrogen-bond donors (Lipinski definition) is 0. The summed E-state index contributed by atoms with van der Waals surface area (Å²) in [6, 6.07) is 0. The van der Waals surface area contributed by atoms with Crippen LogP contribution in [0.15, 0.2) is 24.3 Å². The second kappa shape index (κ2) is 12.8. The highest BCUT2D eigenvalue weighted by Gasteiger charge is 2.14. The molecule has 0 saturated heterocycles. The molecule has 3 nitrogen and oxygen atoms in total. The van der Waals surface area contributed by atoms with Crippen molar-refractivity contribution in [2.75, 3.05) is 19.8 Å². The van der Waals surface area contributed by atoms with E-state index in [-0.39, 0.29) is 12.4 Å². The average molecular weight is 256 g/mol. The third kappa shape index (κ3) is 9.40. The summed E-state index contributed by atoms with van der Waals surface area (Å²) in [5.74, 6) is 0. The van der Waals surface area contributed by atoms with Crippen LogP contribution in [0.25, 0.3) is 0 Å². The van der Waals surface area contributed by atoms with Crippen LogP contribution in [0.1, 0.15) is 40.5 Å². The van der Waals surface area contributed by atoms with Crippen LogP contribution in [0, 0.1) is 0 Å². The van der Waals surface area contributed by atoms with E-state index in [1.807, 2.05) is 32.9 Å². The topological polar surface area (TPSA) is 27.7 Å². The smallest absolute Gasteiger partial charge is 0.160 e. The molecule has 0 amide bonds. The van der Waals surface area contributed by atoms with Gasteiger partial charge < -0.3 is 14.2 Å².